The van der Waals surface area contributed by atoms with Gasteiger partial charge in [-0.3, -0.25) is 25.0 Å². The fourth-order valence-corrected chi connectivity index (χ4v) is 4.13. The first kappa shape index (κ1) is 33.8. The first-order valence-corrected chi connectivity index (χ1v) is 12.7. The Bertz CT molecular complexity index is 1240. The standard InChI is InChI=1S/C15H21F2NO2.C15H21NO3/c1-14(2,3)9-7-10(13(16)17)12(18(19)20)11(8-9)15(4,5)6;1-14(2,3)11-8-12(15(4,5)6)13(16(18)19)7-10(11)9-17/h7-8,13H,1-6H3;7-9H,1-6H3. The van der Waals surface area contributed by atoms with E-state index < -0.39 is 32.9 Å². The molecule has 0 heterocycles. The van der Waals surface area contributed by atoms with E-state index in [4.69, 9.17) is 0 Å². The van der Waals surface area contributed by atoms with E-state index >= 15 is 0 Å². The topological polar surface area (TPSA) is 103 Å². The second-order valence-corrected chi connectivity index (χ2v) is 13.9. The largest absolute Gasteiger partial charge is 0.298 e. The molecule has 0 saturated carbocycles. The Balaban J connectivity index is 0.000000391. The van der Waals surface area contributed by atoms with Crippen molar-refractivity contribution in [2.75, 3.05) is 0 Å². The van der Waals surface area contributed by atoms with Crippen LogP contribution in [0.5, 0.6) is 0 Å². The Morgan fingerprint density at radius 3 is 1.44 bits per heavy atom. The molecule has 216 valence electrons. The van der Waals surface area contributed by atoms with Gasteiger partial charge >= 0.3 is 0 Å². The van der Waals surface area contributed by atoms with Crippen LogP contribution in [0.4, 0.5) is 20.2 Å². The minimum Gasteiger partial charge on any atom is -0.298 e. The first-order valence-electron chi connectivity index (χ1n) is 12.7. The molecule has 7 nitrogen and oxygen atoms in total. The molecule has 0 aliphatic rings. The molecule has 0 fully saturated rings. The van der Waals surface area contributed by atoms with Crippen LogP contribution in [0.15, 0.2) is 24.3 Å². The molecule has 0 unspecified atom stereocenters. The fraction of sp³-hybridized carbons (Fsp3) is 0.567. The minimum absolute atomic E-state index is 0.0163. The molecule has 0 aliphatic carbocycles. The Morgan fingerprint density at radius 2 is 1.13 bits per heavy atom. The van der Waals surface area contributed by atoms with Gasteiger partial charge in [0.15, 0.2) is 6.29 Å². The second kappa shape index (κ2) is 11.5. The first-order chi connectivity index (χ1) is 17.3. The quantitative estimate of drug-likeness (QED) is 0.215. The monoisotopic (exact) mass is 548 g/mol. The molecule has 0 atom stereocenters. The van der Waals surface area contributed by atoms with Gasteiger partial charge in [-0.25, -0.2) is 8.78 Å². The SMILES string of the molecule is CC(C)(C)c1cc(C(C)(C)C)c([N+](=O)[O-])cc1C=O.CC(C)(C)c1cc(C(F)F)c([N+](=O)[O-])c(C(C)(C)C)c1. The summed E-state index contributed by atoms with van der Waals surface area (Å²) in [6.07, 6.45) is -2.17. The number of rotatable bonds is 4. The fourth-order valence-electron chi connectivity index (χ4n) is 4.13. The van der Waals surface area contributed by atoms with E-state index in [9.17, 15) is 33.8 Å². The van der Waals surface area contributed by atoms with Gasteiger partial charge in [0.25, 0.3) is 17.8 Å². The van der Waals surface area contributed by atoms with Crippen molar-refractivity contribution in [3.05, 3.63) is 77.9 Å². The summed E-state index contributed by atoms with van der Waals surface area (Å²) < 4.78 is 26.4. The molecule has 9 heteroatoms. The molecule has 0 spiro atoms. The van der Waals surface area contributed by atoms with E-state index in [1.54, 1.807) is 26.8 Å². The van der Waals surface area contributed by atoms with Crippen molar-refractivity contribution in [2.45, 2.75) is 111 Å². The van der Waals surface area contributed by atoms with Crippen LogP contribution in [0, 0.1) is 20.2 Å². The van der Waals surface area contributed by atoms with Crippen LogP contribution < -0.4 is 0 Å². The van der Waals surface area contributed by atoms with Crippen LogP contribution in [0.1, 0.15) is 128 Å². The smallest absolute Gasteiger partial charge is 0.282 e. The maximum absolute atomic E-state index is 13.2. The number of nitro groups is 2. The van der Waals surface area contributed by atoms with Crippen molar-refractivity contribution in [1.29, 1.82) is 0 Å². The number of alkyl halides is 2. The maximum Gasteiger partial charge on any atom is 0.282 e. The Kier molecular flexibility index (Phi) is 9.95. The summed E-state index contributed by atoms with van der Waals surface area (Å²) in [5.74, 6) is 0. The third kappa shape index (κ3) is 8.38. The lowest BCUT2D eigenvalue weighted by Crippen LogP contribution is -2.20. The van der Waals surface area contributed by atoms with Gasteiger partial charge in [-0.15, -0.1) is 0 Å². The molecule has 0 radical (unpaired) electrons. The summed E-state index contributed by atoms with van der Waals surface area (Å²) >= 11 is 0. The number of hydrogen-bond donors (Lipinski definition) is 0. The van der Waals surface area contributed by atoms with Crippen LogP contribution in [0.25, 0.3) is 0 Å². The Hall–Kier alpha value is -3.23. The molecule has 2 aromatic carbocycles. The van der Waals surface area contributed by atoms with E-state index in [1.807, 2.05) is 68.4 Å². The number of hydrogen-bond acceptors (Lipinski definition) is 5. The van der Waals surface area contributed by atoms with Crippen molar-refractivity contribution < 1.29 is 23.4 Å². The van der Waals surface area contributed by atoms with Crippen LogP contribution >= 0.6 is 0 Å². The average Bonchev–Trinajstić information content (AvgIpc) is 2.74. The van der Waals surface area contributed by atoms with Crippen LogP contribution in [0.3, 0.4) is 0 Å². The summed E-state index contributed by atoms with van der Waals surface area (Å²) in [4.78, 5) is 32.5. The summed E-state index contributed by atoms with van der Waals surface area (Å²) in [6, 6.07) is 6.15. The normalized spacial score (nSPS) is 12.6. The maximum atomic E-state index is 13.2. The summed E-state index contributed by atoms with van der Waals surface area (Å²) in [7, 11) is 0. The van der Waals surface area contributed by atoms with Crippen molar-refractivity contribution in [2.24, 2.45) is 0 Å². The molecular weight excluding hydrogens is 506 g/mol. The van der Waals surface area contributed by atoms with Gasteiger partial charge in [0, 0.05) is 22.8 Å². The highest BCUT2D eigenvalue weighted by Gasteiger charge is 2.34. The highest BCUT2D eigenvalue weighted by Crippen LogP contribution is 2.41. The van der Waals surface area contributed by atoms with Crippen molar-refractivity contribution in [3.63, 3.8) is 0 Å². The lowest BCUT2D eigenvalue weighted by Gasteiger charge is -2.26. The molecule has 2 rings (SSSR count). The van der Waals surface area contributed by atoms with Crippen molar-refractivity contribution in [3.8, 4) is 0 Å². The minimum atomic E-state index is -2.86. The predicted octanol–water partition coefficient (Wildman–Crippen LogP) is 9.13. The van der Waals surface area contributed by atoms with E-state index in [-0.39, 0.29) is 21.9 Å². The molecule has 39 heavy (non-hydrogen) atoms. The van der Waals surface area contributed by atoms with Crippen LogP contribution in [-0.4, -0.2) is 16.1 Å². The molecule has 0 N–H and O–H groups in total. The lowest BCUT2D eigenvalue weighted by molar-refractivity contribution is -0.387. The summed E-state index contributed by atoms with van der Waals surface area (Å²) in [5, 5.41) is 22.4. The van der Waals surface area contributed by atoms with E-state index in [0.717, 1.165) is 5.56 Å². The second-order valence-electron chi connectivity index (χ2n) is 13.9. The zero-order valence-corrected chi connectivity index (χ0v) is 25.2. The molecule has 0 saturated heterocycles. The summed E-state index contributed by atoms with van der Waals surface area (Å²) in [5.41, 5.74) is 0.503. The van der Waals surface area contributed by atoms with Gasteiger partial charge in [-0.1, -0.05) is 83.1 Å². The van der Waals surface area contributed by atoms with Gasteiger partial charge in [0.2, 0.25) is 0 Å². The molecule has 0 aromatic heterocycles. The number of halogens is 2. The van der Waals surface area contributed by atoms with Crippen LogP contribution in [-0.2, 0) is 21.7 Å². The zero-order chi connectivity index (χ0) is 30.9. The Morgan fingerprint density at radius 1 is 0.667 bits per heavy atom. The zero-order valence-electron chi connectivity index (χ0n) is 25.2. The van der Waals surface area contributed by atoms with Gasteiger partial charge in [-0.05, 0) is 51.0 Å². The van der Waals surface area contributed by atoms with Gasteiger partial charge in [-0.2, -0.15) is 0 Å². The molecule has 0 amide bonds. The number of carbonyl (C=O) groups excluding carboxylic acids is 1. The van der Waals surface area contributed by atoms with Crippen molar-refractivity contribution in [1.82, 2.24) is 0 Å². The van der Waals surface area contributed by atoms with E-state index in [1.165, 1.54) is 12.1 Å². The highest BCUT2D eigenvalue weighted by atomic mass is 19.3. The number of carbonyl (C=O) groups is 1. The molecule has 2 aromatic rings. The van der Waals surface area contributed by atoms with Crippen molar-refractivity contribution >= 4 is 17.7 Å². The van der Waals surface area contributed by atoms with Gasteiger partial charge < -0.3 is 0 Å². The Labute approximate surface area is 230 Å². The average molecular weight is 549 g/mol. The predicted molar refractivity (Wildman–Crippen MR) is 151 cm³/mol. The number of benzene rings is 2. The molecule has 0 bridgehead atoms. The molecular formula is C30H42F2N2O5. The number of nitrogens with zero attached hydrogens (tertiary/aromatic N) is 2. The summed E-state index contributed by atoms with van der Waals surface area (Å²) in [6.45, 7) is 22.8. The lowest BCUT2D eigenvalue weighted by atomic mass is 9.78. The number of aldehydes is 1. The number of nitro benzene ring substituents is 2. The third-order valence-electron chi connectivity index (χ3n) is 6.34. The van der Waals surface area contributed by atoms with Gasteiger partial charge in [0.1, 0.15) is 0 Å². The van der Waals surface area contributed by atoms with Gasteiger partial charge in [0.05, 0.1) is 15.4 Å². The third-order valence-corrected chi connectivity index (χ3v) is 6.34. The van der Waals surface area contributed by atoms with E-state index in [0.29, 0.717) is 28.5 Å². The highest BCUT2D eigenvalue weighted by molar-refractivity contribution is 5.80. The van der Waals surface area contributed by atoms with Crippen LogP contribution in [0.2, 0.25) is 0 Å². The molecule has 0 aliphatic heterocycles. The van der Waals surface area contributed by atoms with E-state index in [2.05, 4.69) is 0 Å².